The summed E-state index contributed by atoms with van der Waals surface area (Å²) in [6, 6.07) is 6.28. The molecule has 2 aliphatic rings. The summed E-state index contributed by atoms with van der Waals surface area (Å²) in [4.78, 5) is 12.0. The number of rotatable bonds is 4. The number of hydrogen-bond donors (Lipinski definition) is 2. The van der Waals surface area contributed by atoms with E-state index >= 15 is 0 Å². The first-order valence-electron chi connectivity index (χ1n) is 7.40. The van der Waals surface area contributed by atoms with Crippen molar-refractivity contribution < 1.29 is 4.79 Å². The van der Waals surface area contributed by atoms with E-state index in [-0.39, 0.29) is 11.9 Å². The topological polar surface area (TPSA) is 55.1 Å². The van der Waals surface area contributed by atoms with Gasteiger partial charge in [0.15, 0.2) is 0 Å². The molecule has 0 heterocycles. The second kappa shape index (κ2) is 5.33. The average Bonchev–Trinajstić information content (AvgIpc) is 3.23. The van der Waals surface area contributed by atoms with E-state index in [0.717, 1.165) is 18.5 Å². The molecule has 102 valence electrons. The van der Waals surface area contributed by atoms with E-state index in [1.807, 2.05) is 12.1 Å². The molecule has 3 nitrogen and oxygen atoms in total. The molecule has 3 heteroatoms. The van der Waals surface area contributed by atoms with E-state index in [2.05, 4.69) is 11.4 Å². The van der Waals surface area contributed by atoms with Crippen molar-refractivity contribution >= 4 is 11.6 Å². The molecule has 0 aromatic heterocycles. The van der Waals surface area contributed by atoms with Gasteiger partial charge in [0.05, 0.1) is 0 Å². The van der Waals surface area contributed by atoms with Crippen molar-refractivity contribution in [2.45, 2.75) is 51.0 Å². The Bertz CT molecular complexity index is 480. The Hall–Kier alpha value is -1.35. The fraction of sp³-hybridized carbons (Fsp3) is 0.562. The molecule has 1 saturated carbocycles. The number of aryl methyl sites for hydroxylation is 1. The van der Waals surface area contributed by atoms with Gasteiger partial charge in [0.25, 0.3) is 0 Å². The van der Waals surface area contributed by atoms with Crippen LogP contribution >= 0.6 is 0 Å². The second-order valence-electron chi connectivity index (χ2n) is 5.90. The van der Waals surface area contributed by atoms with Gasteiger partial charge in [-0.2, -0.15) is 0 Å². The Kier molecular flexibility index (Phi) is 3.56. The third-order valence-corrected chi connectivity index (χ3v) is 4.32. The van der Waals surface area contributed by atoms with Crippen LogP contribution in [0.3, 0.4) is 0 Å². The minimum atomic E-state index is 0.0412. The van der Waals surface area contributed by atoms with Crippen LogP contribution in [0.1, 0.15) is 43.2 Å². The van der Waals surface area contributed by atoms with Gasteiger partial charge in [-0.3, -0.25) is 4.79 Å². The molecule has 1 atom stereocenters. The molecular formula is C16H22N2O. The van der Waals surface area contributed by atoms with Crippen molar-refractivity contribution in [2.75, 3.05) is 5.32 Å². The largest absolute Gasteiger partial charge is 0.327 e. The quantitative estimate of drug-likeness (QED) is 0.872. The van der Waals surface area contributed by atoms with Gasteiger partial charge in [-0.25, -0.2) is 0 Å². The smallest absolute Gasteiger partial charge is 0.225 e. The molecule has 3 rings (SSSR count). The van der Waals surface area contributed by atoms with Crippen molar-refractivity contribution in [3.05, 3.63) is 29.3 Å². The van der Waals surface area contributed by atoms with Crippen LogP contribution in [0.4, 0.5) is 5.69 Å². The number of anilines is 1. The van der Waals surface area contributed by atoms with Gasteiger partial charge in [0, 0.05) is 18.2 Å². The molecule has 1 unspecified atom stereocenters. The third kappa shape index (κ3) is 2.98. The minimum absolute atomic E-state index is 0.0412. The maximum atomic E-state index is 12.0. The van der Waals surface area contributed by atoms with Crippen molar-refractivity contribution in [1.82, 2.24) is 0 Å². The number of fused-ring (bicyclic) bond motifs is 1. The molecular weight excluding hydrogens is 236 g/mol. The van der Waals surface area contributed by atoms with Crippen molar-refractivity contribution in [3.8, 4) is 0 Å². The van der Waals surface area contributed by atoms with E-state index in [1.54, 1.807) is 0 Å². The predicted octanol–water partition coefficient (Wildman–Crippen LogP) is 2.63. The maximum absolute atomic E-state index is 12.0. The van der Waals surface area contributed by atoms with E-state index in [4.69, 9.17) is 5.73 Å². The van der Waals surface area contributed by atoms with Crippen LogP contribution in [0.25, 0.3) is 0 Å². The first-order chi connectivity index (χ1) is 9.24. The lowest BCUT2D eigenvalue weighted by Gasteiger charge is -2.20. The number of benzene rings is 1. The highest BCUT2D eigenvalue weighted by Crippen LogP contribution is 2.33. The number of carbonyl (C=O) groups is 1. The van der Waals surface area contributed by atoms with Gasteiger partial charge in [0.2, 0.25) is 5.91 Å². The van der Waals surface area contributed by atoms with Crippen LogP contribution in [0.15, 0.2) is 18.2 Å². The maximum Gasteiger partial charge on any atom is 0.225 e. The van der Waals surface area contributed by atoms with Crippen LogP contribution in [0, 0.1) is 5.92 Å². The molecule has 3 N–H and O–H groups in total. The molecule has 0 saturated heterocycles. The molecule has 0 radical (unpaired) electrons. The van der Waals surface area contributed by atoms with Crippen molar-refractivity contribution in [3.63, 3.8) is 0 Å². The molecule has 0 spiro atoms. The summed E-state index contributed by atoms with van der Waals surface area (Å²) in [7, 11) is 0. The average molecular weight is 258 g/mol. The predicted molar refractivity (Wildman–Crippen MR) is 77.0 cm³/mol. The Morgan fingerprint density at radius 3 is 2.89 bits per heavy atom. The lowest BCUT2D eigenvalue weighted by molar-refractivity contribution is -0.116. The van der Waals surface area contributed by atoms with Crippen molar-refractivity contribution in [2.24, 2.45) is 11.7 Å². The second-order valence-corrected chi connectivity index (χ2v) is 5.90. The summed E-state index contributed by atoms with van der Waals surface area (Å²) >= 11 is 0. The number of nitrogens with one attached hydrogen (secondary N) is 1. The molecule has 1 aromatic rings. The zero-order valence-corrected chi connectivity index (χ0v) is 11.3. The Morgan fingerprint density at radius 2 is 2.11 bits per heavy atom. The normalized spacial score (nSPS) is 19.6. The zero-order chi connectivity index (χ0) is 13.2. The van der Waals surface area contributed by atoms with Crippen LogP contribution in [0.2, 0.25) is 0 Å². The monoisotopic (exact) mass is 258 g/mol. The summed E-state index contributed by atoms with van der Waals surface area (Å²) < 4.78 is 0. The highest BCUT2D eigenvalue weighted by molar-refractivity contribution is 5.92. The van der Waals surface area contributed by atoms with Crippen LogP contribution < -0.4 is 11.1 Å². The zero-order valence-electron chi connectivity index (χ0n) is 11.3. The molecule has 0 bridgehead atoms. The van der Waals surface area contributed by atoms with Gasteiger partial charge in [0.1, 0.15) is 0 Å². The van der Waals surface area contributed by atoms with Crippen LogP contribution in [0.5, 0.6) is 0 Å². The summed E-state index contributed by atoms with van der Waals surface area (Å²) in [6.45, 7) is 0. The fourth-order valence-electron chi connectivity index (χ4n) is 3.00. The van der Waals surface area contributed by atoms with Gasteiger partial charge in [-0.1, -0.05) is 12.1 Å². The van der Waals surface area contributed by atoms with E-state index in [0.29, 0.717) is 12.3 Å². The lowest BCUT2D eigenvalue weighted by Crippen LogP contribution is -2.29. The first-order valence-corrected chi connectivity index (χ1v) is 7.40. The molecule has 0 aliphatic heterocycles. The number of carbonyl (C=O) groups excluding carboxylic acids is 1. The molecule has 2 aliphatic carbocycles. The van der Waals surface area contributed by atoms with Crippen LogP contribution in [-0.2, 0) is 17.6 Å². The summed E-state index contributed by atoms with van der Waals surface area (Å²) in [5.41, 5.74) is 9.75. The van der Waals surface area contributed by atoms with Crippen LogP contribution in [-0.4, -0.2) is 11.9 Å². The van der Waals surface area contributed by atoms with Gasteiger partial charge in [-0.15, -0.1) is 0 Å². The summed E-state index contributed by atoms with van der Waals surface area (Å²) in [5.74, 6) is 0.647. The molecule has 1 aromatic carbocycles. The number of amides is 1. The Labute approximate surface area is 114 Å². The van der Waals surface area contributed by atoms with E-state index in [1.165, 1.54) is 36.8 Å². The fourth-order valence-corrected chi connectivity index (χ4v) is 3.00. The molecule has 1 amide bonds. The van der Waals surface area contributed by atoms with Gasteiger partial charge < -0.3 is 11.1 Å². The third-order valence-electron chi connectivity index (χ3n) is 4.32. The van der Waals surface area contributed by atoms with Gasteiger partial charge >= 0.3 is 0 Å². The van der Waals surface area contributed by atoms with Gasteiger partial charge in [-0.05, 0) is 61.6 Å². The Balaban J connectivity index is 1.67. The summed E-state index contributed by atoms with van der Waals surface area (Å²) in [6.07, 6.45) is 7.54. The summed E-state index contributed by atoms with van der Waals surface area (Å²) in [5, 5.41) is 3.06. The molecule has 19 heavy (non-hydrogen) atoms. The van der Waals surface area contributed by atoms with E-state index < -0.39 is 0 Å². The first kappa shape index (κ1) is 12.7. The Morgan fingerprint density at radius 1 is 1.32 bits per heavy atom. The van der Waals surface area contributed by atoms with E-state index in [9.17, 15) is 4.79 Å². The highest BCUT2D eigenvalue weighted by atomic mass is 16.1. The molecule has 1 fully saturated rings. The minimum Gasteiger partial charge on any atom is -0.327 e. The lowest BCUT2D eigenvalue weighted by atomic mass is 9.90. The number of hydrogen-bond acceptors (Lipinski definition) is 2. The highest BCUT2D eigenvalue weighted by Gasteiger charge is 2.29. The number of nitrogens with two attached hydrogens (primary N) is 1. The van der Waals surface area contributed by atoms with Crippen molar-refractivity contribution in [1.29, 1.82) is 0 Å². The standard InChI is InChI=1S/C16H22N2O/c17-14(12-8-9-12)10-16(19)18-15-7-3-5-11-4-1-2-6-13(11)15/h3,5,7,12,14H,1-2,4,6,8-10,17H2,(H,18,19). The SMILES string of the molecule is NC(CC(=O)Nc1cccc2c1CCCC2)C1CC1.